The highest BCUT2D eigenvalue weighted by molar-refractivity contribution is 6.14. The highest BCUT2D eigenvalue weighted by Crippen LogP contribution is 2.46. The van der Waals surface area contributed by atoms with E-state index in [1.165, 1.54) is 0 Å². The maximum Gasteiger partial charge on any atom is 0.344 e. The number of carbonyl (C=O) groups excluding carboxylic acids is 2. The van der Waals surface area contributed by atoms with E-state index >= 15 is 0 Å². The minimum atomic E-state index is -0.454. The van der Waals surface area contributed by atoms with Gasteiger partial charge in [0.15, 0.2) is 13.2 Å². The molecule has 0 N–H and O–H groups in total. The lowest BCUT2D eigenvalue weighted by Gasteiger charge is -2.19. The fraction of sp³-hybridized carbons (Fsp3) is 0.167. The normalized spacial score (nSPS) is 11.2. The van der Waals surface area contributed by atoms with Gasteiger partial charge in [-0.2, -0.15) is 0 Å². The minimum absolute atomic E-state index is 0.246. The van der Waals surface area contributed by atoms with Crippen LogP contribution >= 0.6 is 0 Å². The number of esters is 2. The average Bonchev–Trinajstić information content (AvgIpc) is 3.02. The molecule has 0 aliphatic rings. The quantitative estimate of drug-likeness (QED) is 0.133. The van der Waals surface area contributed by atoms with Crippen molar-refractivity contribution in [2.75, 3.05) is 26.4 Å². The van der Waals surface area contributed by atoms with E-state index in [2.05, 4.69) is 36.4 Å². The molecule has 0 saturated heterocycles. The van der Waals surface area contributed by atoms with Crippen LogP contribution in [0.15, 0.2) is 97.1 Å². The molecule has 0 aliphatic heterocycles. The van der Waals surface area contributed by atoms with E-state index in [9.17, 15) is 9.59 Å². The van der Waals surface area contributed by atoms with Gasteiger partial charge in [-0.3, -0.25) is 0 Å². The van der Waals surface area contributed by atoms with Crippen LogP contribution in [0.4, 0.5) is 0 Å². The largest absolute Gasteiger partial charge is 0.481 e. The van der Waals surface area contributed by atoms with Crippen LogP contribution in [0.5, 0.6) is 11.5 Å². The van der Waals surface area contributed by atoms with Gasteiger partial charge in [0.2, 0.25) is 0 Å². The van der Waals surface area contributed by atoms with Crippen LogP contribution in [0.25, 0.3) is 54.2 Å². The molecular weight excluding hydrogens is 528 g/mol. The zero-order valence-electron chi connectivity index (χ0n) is 23.5. The molecule has 0 spiro atoms. The van der Waals surface area contributed by atoms with Gasteiger partial charge in [-0.15, -0.1) is 0 Å². The maximum absolute atomic E-state index is 12.4. The number of ether oxygens (including phenoxy) is 4. The van der Waals surface area contributed by atoms with Crippen LogP contribution < -0.4 is 9.47 Å². The van der Waals surface area contributed by atoms with E-state index in [1.807, 2.05) is 60.7 Å². The van der Waals surface area contributed by atoms with E-state index in [0.717, 1.165) is 54.2 Å². The summed E-state index contributed by atoms with van der Waals surface area (Å²) in [6, 6.07) is 32.5. The molecule has 0 amide bonds. The van der Waals surface area contributed by atoms with E-state index in [-0.39, 0.29) is 26.4 Å². The van der Waals surface area contributed by atoms with E-state index in [4.69, 9.17) is 18.9 Å². The molecule has 6 rings (SSSR count). The molecule has 0 bridgehead atoms. The third-order valence-electron chi connectivity index (χ3n) is 7.32. The van der Waals surface area contributed by atoms with Crippen molar-refractivity contribution in [2.24, 2.45) is 0 Å². The Labute approximate surface area is 243 Å². The maximum atomic E-state index is 12.4. The first-order valence-corrected chi connectivity index (χ1v) is 14.0. The van der Waals surface area contributed by atoms with E-state index in [0.29, 0.717) is 11.5 Å². The zero-order chi connectivity index (χ0) is 29.1. The van der Waals surface area contributed by atoms with Crippen LogP contribution in [0, 0.1) is 0 Å². The molecule has 0 atom stereocenters. The first-order valence-electron chi connectivity index (χ1n) is 14.0. The van der Waals surface area contributed by atoms with Crippen LogP contribution in [0.2, 0.25) is 0 Å². The lowest BCUT2D eigenvalue weighted by atomic mass is 9.93. The fourth-order valence-electron chi connectivity index (χ4n) is 5.52. The number of hydrogen-bond acceptors (Lipinski definition) is 6. The summed E-state index contributed by atoms with van der Waals surface area (Å²) in [6.45, 7) is 3.56. The minimum Gasteiger partial charge on any atom is -0.481 e. The molecule has 0 saturated carbocycles. The summed E-state index contributed by atoms with van der Waals surface area (Å²) in [5, 5.41) is 8.05. The topological polar surface area (TPSA) is 71.1 Å². The Morgan fingerprint density at radius 2 is 0.881 bits per heavy atom. The van der Waals surface area contributed by atoms with Gasteiger partial charge in [-0.1, -0.05) is 72.8 Å². The van der Waals surface area contributed by atoms with Gasteiger partial charge in [-0.25, -0.2) is 9.59 Å². The van der Waals surface area contributed by atoms with Crippen LogP contribution in [-0.2, 0) is 19.1 Å². The summed E-state index contributed by atoms with van der Waals surface area (Å²) < 4.78 is 22.8. The Kier molecular flexibility index (Phi) is 7.60. The van der Waals surface area contributed by atoms with Gasteiger partial charge in [0.05, 0.1) is 13.2 Å². The molecule has 0 unspecified atom stereocenters. The summed E-state index contributed by atoms with van der Waals surface area (Å²) in [7, 11) is 0. The first kappa shape index (κ1) is 27.1. The molecule has 0 aromatic heterocycles. The van der Waals surface area contributed by atoms with Crippen molar-refractivity contribution >= 4 is 55.0 Å². The van der Waals surface area contributed by atoms with Crippen molar-refractivity contribution in [1.29, 1.82) is 0 Å². The molecule has 210 valence electrons. The van der Waals surface area contributed by atoms with Gasteiger partial charge in [0.25, 0.3) is 0 Å². The summed E-state index contributed by atoms with van der Waals surface area (Å²) in [4.78, 5) is 24.8. The summed E-state index contributed by atoms with van der Waals surface area (Å²) in [5.41, 5.74) is 1.46. The molecular formula is C36H30O6. The van der Waals surface area contributed by atoms with E-state index in [1.54, 1.807) is 13.8 Å². The van der Waals surface area contributed by atoms with Crippen LogP contribution in [0.1, 0.15) is 13.8 Å². The van der Waals surface area contributed by atoms with Gasteiger partial charge >= 0.3 is 11.9 Å². The summed E-state index contributed by atoms with van der Waals surface area (Å²) in [6.07, 6.45) is 0. The Balaban J connectivity index is 1.59. The smallest absolute Gasteiger partial charge is 0.344 e. The molecule has 0 heterocycles. The van der Waals surface area contributed by atoms with Crippen LogP contribution in [0.3, 0.4) is 0 Å². The molecule has 6 aromatic rings. The van der Waals surface area contributed by atoms with Crippen molar-refractivity contribution in [3.8, 4) is 22.6 Å². The van der Waals surface area contributed by atoms with Crippen molar-refractivity contribution in [3.63, 3.8) is 0 Å². The molecule has 0 radical (unpaired) electrons. The fourth-order valence-corrected chi connectivity index (χ4v) is 5.52. The molecule has 6 aromatic carbocycles. The first-order chi connectivity index (χ1) is 20.6. The van der Waals surface area contributed by atoms with Gasteiger partial charge in [-0.05, 0) is 70.4 Å². The number of benzene rings is 6. The van der Waals surface area contributed by atoms with Crippen molar-refractivity contribution in [1.82, 2.24) is 0 Å². The highest BCUT2D eigenvalue weighted by Gasteiger charge is 2.21. The lowest BCUT2D eigenvalue weighted by molar-refractivity contribution is -0.146. The van der Waals surface area contributed by atoms with E-state index < -0.39 is 11.9 Å². The second kappa shape index (κ2) is 11.8. The molecule has 0 aliphatic carbocycles. The average molecular weight is 559 g/mol. The van der Waals surface area contributed by atoms with Gasteiger partial charge < -0.3 is 18.9 Å². The number of rotatable bonds is 9. The van der Waals surface area contributed by atoms with Crippen molar-refractivity contribution < 1.29 is 28.5 Å². The molecule has 42 heavy (non-hydrogen) atoms. The summed E-state index contributed by atoms with van der Waals surface area (Å²) >= 11 is 0. The zero-order valence-corrected chi connectivity index (χ0v) is 23.5. The summed E-state index contributed by atoms with van der Waals surface area (Å²) in [5.74, 6) is 0.162. The van der Waals surface area contributed by atoms with Gasteiger partial charge in [0, 0.05) is 21.9 Å². The predicted molar refractivity (Wildman–Crippen MR) is 166 cm³/mol. The second-order valence-corrected chi connectivity index (χ2v) is 9.84. The highest BCUT2D eigenvalue weighted by atomic mass is 16.6. The molecule has 6 nitrogen and oxygen atoms in total. The van der Waals surface area contributed by atoms with Crippen molar-refractivity contribution in [2.45, 2.75) is 13.8 Å². The Bertz CT molecular complexity index is 1820. The third-order valence-corrected chi connectivity index (χ3v) is 7.32. The Hall–Kier alpha value is -5.10. The Morgan fingerprint density at radius 3 is 1.31 bits per heavy atom. The number of hydrogen-bond donors (Lipinski definition) is 0. The van der Waals surface area contributed by atoms with Crippen LogP contribution in [-0.4, -0.2) is 38.4 Å². The number of carbonyl (C=O) groups is 2. The predicted octanol–water partition coefficient (Wildman–Crippen LogP) is 7.85. The third kappa shape index (κ3) is 5.07. The van der Waals surface area contributed by atoms with Crippen molar-refractivity contribution in [3.05, 3.63) is 97.1 Å². The monoisotopic (exact) mass is 558 g/mol. The molecule has 0 fully saturated rings. The SMILES string of the molecule is CCOC(=O)COc1c(-c2ccc3c(ccc4ccccc43)c2OCC(=O)OCC)ccc2c1ccc1ccccc12. The van der Waals surface area contributed by atoms with Gasteiger partial charge in [0.1, 0.15) is 11.5 Å². The molecule has 6 heteroatoms. The lowest BCUT2D eigenvalue weighted by Crippen LogP contribution is -2.16. The second-order valence-electron chi connectivity index (χ2n) is 9.84. The standard InChI is InChI=1S/C36H30O6/c1-3-39-33(37)21-41-35-29-15-13-23-9-5-7-11-25(23)27(29)17-19-31(35)32-20-18-28-26-12-8-6-10-24(26)14-16-30(28)36(32)42-22-34(38)40-4-2/h5-20H,3-4,21-22H2,1-2H3. The number of fused-ring (bicyclic) bond motifs is 6. The Morgan fingerprint density at radius 1 is 0.476 bits per heavy atom.